The van der Waals surface area contributed by atoms with Crippen molar-refractivity contribution in [3.8, 4) is 11.4 Å². The molecule has 0 atom stereocenters. The molecule has 3 N–H and O–H groups in total. The van der Waals surface area contributed by atoms with Crippen LogP contribution >= 0.6 is 11.3 Å². The van der Waals surface area contributed by atoms with E-state index >= 15 is 0 Å². The molecule has 6 rings (SSSR count). The number of carbonyl (C=O) groups excluding carboxylic acids is 2. The molecule has 2 aliphatic carbocycles. The minimum absolute atomic E-state index is 0.123. The lowest BCUT2D eigenvalue weighted by Gasteiger charge is -2.32. The van der Waals surface area contributed by atoms with Crippen LogP contribution in [0, 0.1) is 5.92 Å². The number of rotatable bonds is 6. The molecule has 2 saturated carbocycles. The lowest BCUT2D eigenvalue weighted by Crippen LogP contribution is -2.47. The average molecular weight is 510 g/mol. The fourth-order valence-corrected chi connectivity index (χ4v) is 5.91. The first-order valence-corrected chi connectivity index (χ1v) is 13.8. The number of anilines is 1. The van der Waals surface area contributed by atoms with E-state index in [0.717, 1.165) is 61.8 Å². The largest absolute Gasteiger partial charge is 0.393 e. The average Bonchev–Trinajstić information content (AvgIpc) is 3.51. The molecule has 11 heteroatoms. The van der Waals surface area contributed by atoms with Crippen molar-refractivity contribution in [3.63, 3.8) is 0 Å². The molecule has 3 aromatic rings. The van der Waals surface area contributed by atoms with Gasteiger partial charge in [-0.05, 0) is 51.4 Å². The fourth-order valence-electron chi connectivity index (χ4n) is 5.11. The number of aliphatic hydroxyl groups is 1. The molecule has 0 spiro atoms. The van der Waals surface area contributed by atoms with Crippen molar-refractivity contribution in [2.24, 2.45) is 5.92 Å². The molecular formula is C25H31N7O3S. The normalized spacial score (nSPS) is 23.1. The number of nitrogens with one attached hydrogen (secondary N) is 2. The van der Waals surface area contributed by atoms with Crippen molar-refractivity contribution in [2.45, 2.75) is 69.6 Å². The van der Waals surface area contributed by atoms with Gasteiger partial charge in [0.1, 0.15) is 16.3 Å². The molecule has 190 valence electrons. The third-order valence-electron chi connectivity index (χ3n) is 7.44. The molecule has 3 aliphatic rings. The second-order valence-electron chi connectivity index (χ2n) is 10.2. The highest BCUT2D eigenvalue weighted by molar-refractivity contribution is 7.16. The summed E-state index contributed by atoms with van der Waals surface area (Å²) < 4.78 is 1.79. The van der Waals surface area contributed by atoms with Crippen molar-refractivity contribution in [2.75, 3.05) is 18.4 Å². The second-order valence-corrected chi connectivity index (χ2v) is 11.1. The van der Waals surface area contributed by atoms with E-state index in [1.807, 2.05) is 16.5 Å². The van der Waals surface area contributed by atoms with Gasteiger partial charge in [-0.25, -0.2) is 14.5 Å². The Morgan fingerprint density at radius 2 is 1.78 bits per heavy atom. The number of likely N-dealkylation sites (tertiary alicyclic amines) is 1. The zero-order valence-electron chi connectivity index (χ0n) is 20.1. The maximum atomic E-state index is 13.5. The number of thiazole rings is 1. The highest BCUT2D eigenvalue weighted by Crippen LogP contribution is 2.30. The maximum Gasteiger partial charge on any atom is 0.272 e. The van der Waals surface area contributed by atoms with Crippen LogP contribution in [-0.4, -0.2) is 72.7 Å². The van der Waals surface area contributed by atoms with E-state index in [1.54, 1.807) is 28.1 Å². The van der Waals surface area contributed by atoms with Crippen LogP contribution in [0.3, 0.4) is 0 Å². The molecule has 3 aromatic heterocycles. The Bertz CT molecular complexity index is 1250. The van der Waals surface area contributed by atoms with Crippen molar-refractivity contribution in [1.29, 1.82) is 0 Å². The van der Waals surface area contributed by atoms with E-state index in [0.29, 0.717) is 30.4 Å². The van der Waals surface area contributed by atoms with E-state index in [9.17, 15) is 14.7 Å². The summed E-state index contributed by atoms with van der Waals surface area (Å²) in [6.07, 6.45) is 10.1. The molecule has 1 saturated heterocycles. The number of aliphatic hydroxyl groups excluding tert-OH is 1. The van der Waals surface area contributed by atoms with Gasteiger partial charge in [-0.3, -0.25) is 9.59 Å². The van der Waals surface area contributed by atoms with Crippen LogP contribution in [0.1, 0.15) is 61.9 Å². The number of nitrogens with zero attached hydrogens (tertiary/aromatic N) is 5. The molecule has 2 amide bonds. The summed E-state index contributed by atoms with van der Waals surface area (Å²) in [6.45, 7) is 1.17. The molecule has 0 aromatic carbocycles. The lowest BCUT2D eigenvalue weighted by molar-refractivity contribution is -0.123. The zero-order valence-corrected chi connectivity index (χ0v) is 20.9. The number of hydrogen-bond donors (Lipinski definition) is 3. The van der Waals surface area contributed by atoms with Crippen molar-refractivity contribution >= 4 is 33.8 Å². The van der Waals surface area contributed by atoms with E-state index in [4.69, 9.17) is 4.98 Å². The standard InChI is InChI=1S/C25H31N7O3S/c33-18-5-3-16(4-6-18)27-21-13-20(29-22(30-21)19-14-26-32-11-12-36-25(19)32)24(35)31-9-7-17(8-10-31)28-23(34)15-1-2-15/h11-18,33H,1-10H2,(H,28,34)(H,27,29,30). The summed E-state index contributed by atoms with van der Waals surface area (Å²) >= 11 is 1.55. The Labute approximate surface area is 213 Å². The van der Waals surface area contributed by atoms with Crippen LogP contribution in [0.4, 0.5) is 5.82 Å². The molecule has 0 unspecified atom stereocenters. The SMILES string of the molecule is O=C(NC1CCN(C(=O)c2cc(NC3CCC(O)CC3)nc(-c3cnn4ccsc34)n2)CC1)C1CC1. The third kappa shape index (κ3) is 4.94. The van der Waals surface area contributed by atoms with Gasteiger partial charge in [0.2, 0.25) is 5.91 Å². The minimum Gasteiger partial charge on any atom is -0.393 e. The summed E-state index contributed by atoms with van der Waals surface area (Å²) in [5.41, 5.74) is 1.15. The van der Waals surface area contributed by atoms with E-state index < -0.39 is 0 Å². The summed E-state index contributed by atoms with van der Waals surface area (Å²) in [5.74, 6) is 1.33. The molecule has 4 heterocycles. The Hall–Kier alpha value is -3.05. The maximum absolute atomic E-state index is 13.5. The molecule has 3 fully saturated rings. The topological polar surface area (TPSA) is 125 Å². The zero-order chi connectivity index (χ0) is 24.6. The number of piperidine rings is 1. The third-order valence-corrected chi connectivity index (χ3v) is 8.33. The number of fused-ring (bicyclic) bond motifs is 1. The number of aromatic nitrogens is 4. The van der Waals surface area contributed by atoms with E-state index in [-0.39, 0.29) is 35.9 Å². The number of carbonyl (C=O) groups is 2. The molecule has 36 heavy (non-hydrogen) atoms. The number of amides is 2. The quantitative estimate of drug-likeness (QED) is 0.467. The van der Waals surface area contributed by atoms with Gasteiger partial charge in [-0.15, -0.1) is 11.3 Å². The van der Waals surface area contributed by atoms with Crippen LogP contribution in [-0.2, 0) is 4.79 Å². The Balaban J connectivity index is 1.22. The van der Waals surface area contributed by atoms with Gasteiger partial charge in [0.25, 0.3) is 5.91 Å². The monoisotopic (exact) mass is 509 g/mol. The highest BCUT2D eigenvalue weighted by atomic mass is 32.1. The van der Waals surface area contributed by atoms with E-state index in [2.05, 4.69) is 20.7 Å². The smallest absolute Gasteiger partial charge is 0.272 e. The highest BCUT2D eigenvalue weighted by Gasteiger charge is 2.33. The Kier molecular flexibility index (Phi) is 6.34. The van der Waals surface area contributed by atoms with Crippen LogP contribution < -0.4 is 10.6 Å². The van der Waals surface area contributed by atoms with Crippen LogP contribution in [0.5, 0.6) is 0 Å². The van der Waals surface area contributed by atoms with Gasteiger partial charge >= 0.3 is 0 Å². The molecule has 1 aliphatic heterocycles. The summed E-state index contributed by atoms with van der Waals surface area (Å²) in [6, 6.07) is 2.06. The summed E-state index contributed by atoms with van der Waals surface area (Å²) in [7, 11) is 0. The molecule has 10 nitrogen and oxygen atoms in total. The van der Waals surface area contributed by atoms with Crippen molar-refractivity contribution < 1.29 is 14.7 Å². The number of hydrogen-bond acceptors (Lipinski definition) is 8. The first-order valence-electron chi connectivity index (χ1n) is 12.9. The van der Waals surface area contributed by atoms with Crippen molar-refractivity contribution in [1.82, 2.24) is 29.8 Å². The first kappa shape index (κ1) is 23.4. The van der Waals surface area contributed by atoms with Crippen molar-refractivity contribution in [3.05, 3.63) is 29.5 Å². The summed E-state index contributed by atoms with van der Waals surface area (Å²) in [5, 5.41) is 22.8. The minimum atomic E-state index is -0.238. The first-order chi connectivity index (χ1) is 17.5. The van der Waals surface area contributed by atoms with Crippen LogP contribution in [0.15, 0.2) is 23.8 Å². The second kappa shape index (κ2) is 9.78. The fraction of sp³-hybridized carbons (Fsp3) is 0.560. The van der Waals surface area contributed by atoms with Gasteiger partial charge < -0.3 is 20.6 Å². The Morgan fingerprint density at radius 1 is 1.00 bits per heavy atom. The van der Waals surface area contributed by atoms with Crippen LogP contribution in [0.25, 0.3) is 16.2 Å². The van der Waals surface area contributed by atoms with Gasteiger partial charge in [0.05, 0.1) is 17.9 Å². The van der Waals surface area contributed by atoms with E-state index in [1.165, 1.54) is 0 Å². The molecule has 0 bridgehead atoms. The predicted octanol–water partition coefficient (Wildman–Crippen LogP) is 2.70. The van der Waals surface area contributed by atoms with Gasteiger partial charge in [-0.1, -0.05) is 0 Å². The lowest BCUT2D eigenvalue weighted by atomic mass is 9.93. The van der Waals surface area contributed by atoms with Gasteiger partial charge in [0, 0.05) is 48.7 Å². The predicted molar refractivity (Wildman–Crippen MR) is 136 cm³/mol. The van der Waals surface area contributed by atoms with Gasteiger partial charge in [-0.2, -0.15) is 5.10 Å². The molecule has 0 radical (unpaired) electrons. The Morgan fingerprint density at radius 3 is 2.53 bits per heavy atom. The molecular weight excluding hydrogens is 478 g/mol. The summed E-state index contributed by atoms with van der Waals surface area (Å²) in [4.78, 5) is 37.9. The van der Waals surface area contributed by atoms with Gasteiger partial charge in [0.15, 0.2) is 5.82 Å². The van der Waals surface area contributed by atoms with Crippen LogP contribution in [0.2, 0.25) is 0 Å².